The smallest absolute Gasteiger partial charge is 0.328 e. The second kappa shape index (κ2) is 5.50. The van der Waals surface area contributed by atoms with Gasteiger partial charge in [0.05, 0.1) is 6.10 Å². The summed E-state index contributed by atoms with van der Waals surface area (Å²) in [7, 11) is 0. The van der Waals surface area contributed by atoms with Crippen molar-refractivity contribution in [2.45, 2.75) is 26.0 Å². The fourth-order valence-corrected chi connectivity index (χ4v) is 1.36. The van der Waals surface area contributed by atoms with E-state index in [0.29, 0.717) is 5.56 Å². The first-order valence-electron chi connectivity index (χ1n) is 5.34. The van der Waals surface area contributed by atoms with E-state index in [2.05, 4.69) is 5.32 Å². The second-order valence-corrected chi connectivity index (χ2v) is 4.03. The number of carbonyl (C=O) groups excluding carboxylic acids is 1. The van der Waals surface area contributed by atoms with Crippen molar-refractivity contribution in [3.8, 4) is 5.75 Å². The van der Waals surface area contributed by atoms with Crippen LogP contribution in [0.15, 0.2) is 18.2 Å². The molecule has 0 aliphatic heterocycles. The first kappa shape index (κ1) is 14.0. The zero-order valence-electron chi connectivity index (χ0n) is 10.0. The van der Waals surface area contributed by atoms with Crippen molar-refractivity contribution in [3.63, 3.8) is 0 Å². The highest BCUT2D eigenvalue weighted by Crippen LogP contribution is 2.17. The van der Waals surface area contributed by atoms with Gasteiger partial charge in [-0.25, -0.2) is 4.79 Å². The molecule has 0 aromatic heterocycles. The van der Waals surface area contributed by atoms with Crippen molar-refractivity contribution < 1.29 is 24.9 Å². The van der Waals surface area contributed by atoms with Gasteiger partial charge in [-0.15, -0.1) is 0 Å². The van der Waals surface area contributed by atoms with Crippen molar-refractivity contribution in [1.29, 1.82) is 0 Å². The summed E-state index contributed by atoms with van der Waals surface area (Å²) in [6.07, 6.45) is -1.22. The molecule has 0 bridgehead atoms. The van der Waals surface area contributed by atoms with Crippen molar-refractivity contribution in [1.82, 2.24) is 5.32 Å². The number of carboxylic acids is 1. The molecular weight excluding hydrogens is 238 g/mol. The van der Waals surface area contributed by atoms with Gasteiger partial charge >= 0.3 is 5.97 Å². The summed E-state index contributed by atoms with van der Waals surface area (Å²) in [5, 5.41) is 29.7. The molecule has 2 atom stereocenters. The van der Waals surface area contributed by atoms with Gasteiger partial charge in [0.1, 0.15) is 5.75 Å². The molecule has 0 radical (unpaired) electrons. The van der Waals surface area contributed by atoms with Gasteiger partial charge in [-0.3, -0.25) is 4.79 Å². The lowest BCUT2D eigenvalue weighted by molar-refractivity contribution is -0.141. The van der Waals surface area contributed by atoms with Crippen LogP contribution in [0, 0.1) is 6.92 Å². The lowest BCUT2D eigenvalue weighted by Gasteiger charge is -2.17. The molecule has 18 heavy (non-hydrogen) atoms. The Kier molecular flexibility index (Phi) is 4.28. The van der Waals surface area contributed by atoms with Gasteiger partial charge in [0.2, 0.25) is 0 Å². The third-order valence-corrected chi connectivity index (χ3v) is 2.51. The third-order valence-electron chi connectivity index (χ3n) is 2.51. The van der Waals surface area contributed by atoms with Crippen LogP contribution in [-0.4, -0.2) is 39.3 Å². The molecule has 4 N–H and O–H groups in total. The van der Waals surface area contributed by atoms with Gasteiger partial charge < -0.3 is 20.6 Å². The number of carbonyl (C=O) groups is 2. The van der Waals surface area contributed by atoms with Crippen LogP contribution in [0.4, 0.5) is 0 Å². The van der Waals surface area contributed by atoms with E-state index < -0.39 is 24.0 Å². The van der Waals surface area contributed by atoms with Crippen LogP contribution < -0.4 is 5.32 Å². The standard InChI is InChI=1S/C12H15NO5/c1-6-3-4-8(5-9(6)15)11(16)13-10(7(2)14)12(17)18/h3-5,7,10,14-15H,1-2H3,(H,13,16)(H,17,18)/t7-,10+/m1/s1. The van der Waals surface area contributed by atoms with E-state index in [1.54, 1.807) is 13.0 Å². The average Bonchev–Trinajstić information content (AvgIpc) is 2.28. The molecule has 0 aliphatic rings. The number of aryl methyl sites for hydroxylation is 1. The van der Waals surface area contributed by atoms with Crippen LogP contribution in [0.3, 0.4) is 0 Å². The Morgan fingerprint density at radius 1 is 1.33 bits per heavy atom. The third kappa shape index (κ3) is 3.21. The predicted octanol–water partition coefficient (Wildman–Crippen LogP) is 0.264. The van der Waals surface area contributed by atoms with Crippen LogP contribution in [0.1, 0.15) is 22.8 Å². The summed E-state index contributed by atoms with van der Waals surface area (Å²) >= 11 is 0. The molecule has 6 nitrogen and oxygen atoms in total. The molecule has 0 unspecified atom stereocenters. The fraction of sp³-hybridized carbons (Fsp3) is 0.333. The minimum absolute atomic E-state index is 0.0495. The molecule has 0 spiro atoms. The highest BCUT2D eigenvalue weighted by Gasteiger charge is 2.25. The number of phenolic OH excluding ortho intramolecular Hbond substituents is 1. The maximum atomic E-state index is 11.7. The molecule has 1 aromatic carbocycles. The molecule has 0 fully saturated rings. The van der Waals surface area contributed by atoms with Crippen LogP contribution in [-0.2, 0) is 4.79 Å². The van der Waals surface area contributed by atoms with E-state index in [9.17, 15) is 19.8 Å². The number of aliphatic hydroxyl groups excluding tert-OH is 1. The highest BCUT2D eigenvalue weighted by molar-refractivity contribution is 5.97. The Morgan fingerprint density at radius 3 is 2.39 bits per heavy atom. The topological polar surface area (TPSA) is 107 Å². The van der Waals surface area contributed by atoms with Gasteiger partial charge in [0.25, 0.3) is 5.91 Å². The van der Waals surface area contributed by atoms with Gasteiger partial charge in [0, 0.05) is 5.56 Å². The largest absolute Gasteiger partial charge is 0.508 e. The number of rotatable bonds is 4. The normalized spacial score (nSPS) is 13.7. The zero-order chi connectivity index (χ0) is 13.9. The number of aliphatic carboxylic acids is 1. The first-order chi connectivity index (χ1) is 8.32. The number of hydrogen-bond acceptors (Lipinski definition) is 4. The SMILES string of the molecule is Cc1ccc(C(=O)N[C@H](C(=O)O)[C@@H](C)O)cc1O. The molecule has 1 rings (SSSR count). The van der Waals surface area contributed by atoms with Crippen molar-refractivity contribution in [3.05, 3.63) is 29.3 Å². The molecule has 6 heteroatoms. The number of aliphatic hydroxyl groups is 1. The minimum atomic E-state index is -1.39. The molecule has 98 valence electrons. The Labute approximate surface area is 104 Å². The summed E-state index contributed by atoms with van der Waals surface area (Å²) in [5.41, 5.74) is 0.738. The summed E-state index contributed by atoms with van der Waals surface area (Å²) < 4.78 is 0. The Balaban J connectivity index is 2.87. The monoisotopic (exact) mass is 253 g/mol. The molecule has 0 aliphatic carbocycles. The maximum Gasteiger partial charge on any atom is 0.328 e. The molecule has 1 aromatic rings. The van der Waals surface area contributed by atoms with E-state index in [1.165, 1.54) is 19.1 Å². The highest BCUT2D eigenvalue weighted by atomic mass is 16.4. The molecule has 0 saturated carbocycles. The van der Waals surface area contributed by atoms with E-state index in [1.807, 2.05) is 0 Å². The van der Waals surface area contributed by atoms with Crippen LogP contribution in [0.2, 0.25) is 0 Å². The number of aromatic hydroxyl groups is 1. The minimum Gasteiger partial charge on any atom is -0.508 e. The second-order valence-electron chi connectivity index (χ2n) is 4.03. The number of phenols is 1. The van der Waals surface area contributed by atoms with Crippen LogP contribution in [0.5, 0.6) is 5.75 Å². The summed E-state index contributed by atoms with van der Waals surface area (Å²) in [6, 6.07) is 2.86. The van der Waals surface area contributed by atoms with Gasteiger partial charge in [-0.2, -0.15) is 0 Å². The zero-order valence-corrected chi connectivity index (χ0v) is 10.0. The van der Waals surface area contributed by atoms with E-state index in [4.69, 9.17) is 5.11 Å². The summed E-state index contributed by atoms with van der Waals surface area (Å²) in [4.78, 5) is 22.5. The van der Waals surface area contributed by atoms with Crippen LogP contribution in [0.25, 0.3) is 0 Å². The van der Waals surface area contributed by atoms with Crippen LogP contribution >= 0.6 is 0 Å². The summed E-state index contributed by atoms with van der Waals surface area (Å²) in [6.45, 7) is 2.94. The molecule has 0 saturated heterocycles. The van der Waals surface area contributed by atoms with Gasteiger partial charge in [-0.1, -0.05) is 6.07 Å². The molecule has 1 amide bonds. The van der Waals surface area contributed by atoms with Crippen molar-refractivity contribution >= 4 is 11.9 Å². The van der Waals surface area contributed by atoms with E-state index in [0.717, 1.165) is 0 Å². The molecular formula is C12H15NO5. The first-order valence-corrected chi connectivity index (χ1v) is 5.34. The van der Waals surface area contributed by atoms with Crippen molar-refractivity contribution in [2.75, 3.05) is 0 Å². The predicted molar refractivity (Wildman–Crippen MR) is 63.4 cm³/mol. The number of amides is 1. The Morgan fingerprint density at radius 2 is 1.94 bits per heavy atom. The molecule has 0 heterocycles. The van der Waals surface area contributed by atoms with Gasteiger partial charge in [0.15, 0.2) is 6.04 Å². The number of carboxylic acid groups (broad SMARTS) is 1. The number of hydrogen-bond donors (Lipinski definition) is 4. The summed E-state index contributed by atoms with van der Waals surface area (Å²) in [5.74, 6) is -2.04. The van der Waals surface area contributed by atoms with Gasteiger partial charge in [-0.05, 0) is 31.5 Å². The Bertz CT molecular complexity index is 470. The lowest BCUT2D eigenvalue weighted by Crippen LogP contribution is -2.47. The maximum absolute atomic E-state index is 11.7. The van der Waals surface area contributed by atoms with Crippen molar-refractivity contribution in [2.24, 2.45) is 0 Å². The quantitative estimate of drug-likeness (QED) is 0.616. The average molecular weight is 253 g/mol. The number of nitrogens with one attached hydrogen (secondary N) is 1. The Hall–Kier alpha value is -2.08. The van der Waals surface area contributed by atoms with E-state index in [-0.39, 0.29) is 11.3 Å². The number of benzene rings is 1. The van der Waals surface area contributed by atoms with E-state index >= 15 is 0 Å². The fourth-order valence-electron chi connectivity index (χ4n) is 1.36. The lowest BCUT2D eigenvalue weighted by atomic mass is 10.1.